The van der Waals surface area contributed by atoms with Gasteiger partial charge in [-0.05, 0) is 6.42 Å². The SMILES string of the molecule is NC(=O)CNC1=NCCC1. The van der Waals surface area contributed by atoms with E-state index in [1.165, 1.54) is 0 Å². The zero-order chi connectivity index (χ0) is 7.40. The molecular weight excluding hydrogens is 130 g/mol. The number of amides is 1. The van der Waals surface area contributed by atoms with Gasteiger partial charge in [0, 0.05) is 13.0 Å². The Bertz CT molecular complexity index is 164. The van der Waals surface area contributed by atoms with Gasteiger partial charge in [-0.2, -0.15) is 0 Å². The average molecular weight is 141 g/mol. The van der Waals surface area contributed by atoms with Crippen LogP contribution in [0.25, 0.3) is 0 Å². The summed E-state index contributed by atoms with van der Waals surface area (Å²) in [6.45, 7) is 1.08. The van der Waals surface area contributed by atoms with Crippen molar-refractivity contribution in [3.8, 4) is 0 Å². The molecule has 0 aromatic carbocycles. The molecule has 0 aliphatic carbocycles. The highest BCUT2D eigenvalue weighted by atomic mass is 16.1. The molecule has 0 radical (unpaired) electrons. The van der Waals surface area contributed by atoms with E-state index in [-0.39, 0.29) is 12.5 Å². The van der Waals surface area contributed by atoms with E-state index in [0.29, 0.717) is 0 Å². The number of carbonyl (C=O) groups is 1. The summed E-state index contributed by atoms with van der Waals surface area (Å²) in [6, 6.07) is 0. The molecular formula is C6H11N3O. The number of nitrogens with two attached hydrogens (primary N) is 1. The van der Waals surface area contributed by atoms with Gasteiger partial charge in [-0.15, -0.1) is 0 Å². The third kappa shape index (κ3) is 2.05. The van der Waals surface area contributed by atoms with Crippen molar-refractivity contribution in [2.24, 2.45) is 10.7 Å². The highest BCUT2D eigenvalue weighted by Crippen LogP contribution is 1.99. The van der Waals surface area contributed by atoms with Gasteiger partial charge in [0.2, 0.25) is 5.91 Å². The third-order valence-electron chi connectivity index (χ3n) is 1.34. The molecule has 0 bridgehead atoms. The van der Waals surface area contributed by atoms with Gasteiger partial charge in [-0.3, -0.25) is 9.79 Å². The van der Waals surface area contributed by atoms with Crippen molar-refractivity contribution in [2.45, 2.75) is 12.8 Å². The molecule has 56 valence electrons. The first-order valence-corrected chi connectivity index (χ1v) is 3.34. The molecule has 4 nitrogen and oxygen atoms in total. The van der Waals surface area contributed by atoms with Crippen LogP contribution in [0.2, 0.25) is 0 Å². The average Bonchev–Trinajstić information content (AvgIpc) is 2.34. The number of hydrogen-bond donors (Lipinski definition) is 2. The lowest BCUT2D eigenvalue weighted by molar-refractivity contribution is -0.116. The Morgan fingerprint density at radius 3 is 3.10 bits per heavy atom. The number of primary amides is 1. The molecule has 0 spiro atoms. The van der Waals surface area contributed by atoms with Gasteiger partial charge in [0.1, 0.15) is 0 Å². The van der Waals surface area contributed by atoms with E-state index in [2.05, 4.69) is 10.3 Å². The topological polar surface area (TPSA) is 67.5 Å². The van der Waals surface area contributed by atoms with E-state index in [4.69, 9.17) is 5.73 Å². The van der Waals surface area contributed by atoms with Crippen LogP contribution in [0.5, 0.6) is 0 Å². The molecule has 0 aromatic heterocycles. The van der Waals surface area contributed by atoms with Gasteiger partial charge in [-0.25, -0.2) is 0 Å². The predicted molar refractivity (Wildman–Crippen MR) is 38.7 cm³/mol. The lowest BCUT2D eigenvalue weighted by Gasteiger charge is -2.00. The van der Waals surface area contributed by atoms with Gasteiger partial charge >= 0.3 is 0 Å². The monoisotopic (exact) mass is 141 g/mol. The summed E-state index contributed by atoms with van der Waals surface area (Å²) in [4.78, 5) is 14.4. The second-order valence-corrected chi connectivity index (χ2v) is 2.25. The minimum atomic E-state index is -0.338. The number of rotatable bonds is 2. The molecule has 0 atom stereocenters. The maximum atomic E-state index is 10.3. The molecule has 4 heteroatoms. The van der Waals surface area contributed by atoms with E-state index >= 15 is 0 Å². The Kier molecular flexibility index (Phi) is 2.25. The minimum absolute atomic E-state index is 0.207. The number of aliphatic imine (C=N–C) groups is 1. The Morgan fingerprint density at radius 1 is 1.80 bits per heavy atom. The number of amidine groups is 1. The zero-order valence-electron chi connectivity index (χ0n) is 5.76. The summed E-state index contributed by atoms with van der Waals surface area (Å²) < 4.78 is 0. The van der Waals surface area contributed by atoms with Crippen LogP contribution in [0, 0.1) is 0 Å². The first-order chi connectivity index (χ1) is 4.79. The van der Waals surface area contributed by atoms with Gasteiger partial charge in [-0.1, -0.05) is 0 Å². The van der Waals surface area contributed by atoms with Crippen LogP contribution in [-0.4, -0.2) is 24.8 Å². The van der Waals surface area contributed by atoms with Crippen LogP contribution in [0.15, 0.2) is 4.99 Å². The molecule has 1 aliphatic rings. The summed E-state index contributed by atoms with van der Waals surface area (Å²) >= 11 is 0. The smallest absolute Gasteiger partial charge is 0.236 e. The summed E-state index contributed by atoms with van der Waals surface area (Å²) in [5.74, 6) is 0.577. The fourth-order valence-corrected chi connectivity index (χ4v) is 0.873. The highest BCUT2D eigenvalue weighted by Gasteiger charge is 2.05. The Morgan fingerprint density at radius 2 is 2.60 bits per heavy atom. The van der Waals surface area contributed by atoms with Crippen molar-refractivity contribution in [1.82, 2.24) is 5.32 Å². The lowest BCUT2D eigenvalue weighted by atomic mass is 10.3. The molecule has 10 heavy (non-hydrogen) atoms. The van der Waals surface area contributed by atoms with E-state index < -0.39 is 0 Å². The molecule has 0 saturated heterocycles. The van der Waals surface area contributed by atoms with Crippen molar-refractivity contribution in [1.29, 1.82) is 0 Å². The van der Waals surface area contributed by atoms with Crippen LogP contribution in [0.3, 0.4) is 0 Å². The third-order valence-corrected chi connectivity index (χ3v) is 1.34. The normalized spacial score (nSPS) is 16.6. The molecule has 1 aliphatic heterocycles. The van der Waals surface area contributed by atoms with E-state index in [1.54, 1.807) is 0 Å². The quantitative estimate of drug-likeness (QED) is 0.531. The number of nitrogens with one attached hydrogen (secondary N) is 1. The number of carbonyl (C=O) groups excluding carboxylic acids is 1. The van der Waals surface area contributed by atoms with Crippen LogP contribution >= 0.6 is 0 Å². The zero-order valence-corrected chi connectivity index (χ0v) is 5.76. The van der Waals surface area contributed by atoms with Crippen molar-refractivity contribution in [2.75, 3.05) is 13.1 Å². The first kappa shape index (κ1) is 7.05. The molecule has 1 amide bonds. The van der Waals surface area contributed by atoms with Gasteiger partial charge in [0.05, 0.1) is 12.4 Å². The number of hydrogen-bond acceptors (Lipinski definition) is 3. The minimum Gasteiger partial charge on any atom is -0.368 e. The Hall–Kier alpha value is -1.06. The van der Waals surface area contributed by atoms with Crippen molar-refractivity contribution in [3.05, 3.63) is 0 Å². The van der Waals surface area contributed by atoms with Crippen molar-refractivity contribution < 1.29 is 4.79 Å². The van der Waals surface area contributed by atoms with Gasteiger partial charge in [0.25, 0.3) is 0 Å². The molecule has 1 rings (SSSR count). The summed E-state index contributed by atoms with van der Waals surface area (Å²) in [5, 5.41) is 2.86. The second kappa shape index (κ2) is 3.20. The lowest BCUT2D eigenvalue weighted by Crippen LogP contribution is -2.32. The fourth-order valence-electron chi connectivity index (χ4n) is 0.873. The molecule has 3 N–H and O–H groups in total. The molecule has 0 fully saturated rings. The van der Waals surface area contributed by atoms with Gasteiger partial charge < -0.3 is 11.1 Å². The maximum absolute atomic E-state index is 10.3. The van der Waals surface area contributed by atoms with Crippen molar-refractivity contribution in [3.63, 3.8) is 0 Å². The van der Waals surface area contributed by atoms with Crippen LogP contribution in [-0.2, 0) is 4.79 Å². The molecule has 0 aromatic rings. The highest BCUT2D eigenvalue weighted by molar-refractivity contribution is 5.87. The molecule has 0 unspecified atom stereocenters. The summed E-state index contributed by atoms with van der Waals surface area (Å²) in [5.41, 5.74) is 4.91. The molecule has 1 heterocycles. The second-order valence-electron chi connectivity index (χ2n) is 2.25. The summed E-state index contributed by atoms with van der Waals surface area (Å²) in [6.07, 6.45) is 2.04. The predicted octanol–water partition coefficient (Wildman–Crippen LogP) is -0.746. The van der Waals surface area contributed by atoms with Crippen LogP contribution < -0.4 is 11.1 Å². The first-order valence-electron chi connectivity index (χ1n) is 3.34. The summed E-state index contributed by atoms with van der Waals surface area (Å²) in [7, 11) is 0. The molecule has 0 saturated carbocycles. The number of nitrogens with zero attached hydrogens (tertiary/aromatic N) is 1. The standard InChI is InChI=1S/C6H11N3O/c7-5(10)4-9-6-2-1-3-8-6/h1-4H2,(H2,7,10)(H,8,9). The van der Waals surface area contributed by atoms with Crippen molar-refractivity contribution >= 4 is 11.7 Å². The van der Waals surface area contributed by atoms with E-state index in [9.17, 15) is 4.79 Å². The van der Waals surface area contributed by atoms with E-state index in [0.717, 1.165) is 25.2 Å². The largest absolute Gasteiger partial charge is 0.368 e. The Balaban J connectivity index is 2.19. The Labute approximate surface area is 59.5 Å². The van der Waals surface area contributed by atoms with Crippen LogP contribution in [0.1, 0.15) is 12.8 Å². The fraction of sp³-hybridized carbons (Fsp3) is 0.667. The van der Waals surface area contributed by atoms with Gasteiger partial charge in [0.15, 0.2) is 0 Å². The van der Waals surface area contributed by atoms with E-state index in [1.807, 2.05) is 0 Å². The van der Waals surface area contributed by atoms with Crippen LogP contribution in [0.4, 0.5) is 0 Å². The maximum Gasteiger partial charge on any atom is 0.236 e.